The first-order valence-corrected chi connectivity index (χ1v) is 6.27. The molecule has 8 heteroatoms. The molecule has 0 unspecified atom stereocenters. The maximum absolute atomic E-state index is 13.4. The van der Waals surface area contributed by atoms with Gasteiger partial charge in [-0.15, -0.1) is 0 Å². The average molecular weight is 365 g/mol. The van der Waals surface area contributed by atoms with Crippen LogP contribution in [0, 0.1) is 11.6 Å². The molecule has 0 aliphatic carbocycles. The number of ether oxygens (including phenoxy) is 1. The summed E-state index contributed by atoms with van der Waals surface area (Å²) in [5, 5.41) is 8.81. The Labute approximate surface area is 125 Å². The van der Waals surface area contributed by atoms with E-state index >= 15 is 0 Å². The minimum Gasteiger partial charge on any atom is -0.477 e. The monoisotopic (exact) mass is 363 g/mol. The van der Waals surface area contributed by atoms with E-state index in [1.54, 1.807) is 0 Å². The quantitative estimate of drug-likeness (QED) is 0.827. The lowest BCUT2D eigenvalue weighted by atomic mass is 10.2. The van der Waals surface area contributed by atoms with E-state index in [-0.39, 0.29) is 16.7 Å². The molecule has 0 saturated carbocycles. The zero-order valence-electron chi connectivity index (χ0n) is 9.53. The van der Waals surface area contributed by atoms with Crippen molar-refractivity contribution in [3.8, 4) is 11.6 Å². The van der Waals surface area contributed by atoms with Crippen molar-refractivity contribution < 1.29 is 23.4 Å². The van der Waals surface area contributed by atoms with Crippen molar-refractivity contribution in [2.45, 2.75) is 0 Å². The van der Waals surface area contributed by atoms with Gasteiger partial charge in [-0.2, -0.15) is 0 Å². The first kappa shape index (κ1) is 14.7. The van der Waals surface area contributed by atoms with E-state index in [0.29, 0.717) is 4.47 Å². The molecule has 0 saturated heterocycles. The lowest BCUT2D eigenvalue weighted by Crippen LogP contribution is -2.03. The summed E-state index contributed by atoms with van der Waals surface area (Å²) in [6.07, 6.45) is 0.794. The number of hydrogen-bond acceptors (Lipinski definition) is 3. The Morgan fingerprint density at radius 2 is 2.05 bits per heavy atom. The summed E-state index contributed by atoms with van der Waals surface area (Å²) in [5.74, 6) is -3.38. The van der Waals surface area contributed by atoms with Gasteiger partial charge >= 0.3 is 5.97 Å². The number of nitrogens with zero attached hydrogens (tertiary/aromatic N) is 1. The number of aromatic carboxylic acids is 1. The predicted molar refractivity (Wildman–Crippen MR) is 70.3 cm³/mol. The zero-order chi connectivity index (χ0) is 14.9. The van der Waals surface area contributed by atoms with Crippen LogP contribution in [0.1, 0.15) is 10.4 Å². The van der Waals surface area contributed by atoms with Gasteiger partial charge in [-0.3, -0.25) is 0 Å². The van der Waals surface area contributed by atoms with Gasteiger partial charge in [-0.25, -0.2) is 18.6 Å². The highest BCUT2D eigenvalue weighted by Gasteiger charge is 2.17. The molecule has 2 aromatic rings. The normalized spacial score (nSPS) is 10.4. The van der Waals surface area contributed by atoms with Crippen molar-refractivity contribution in [3.63, 3.8) is 0 Å². The smallest absolute Gasteiger partial charge is 0.341 e. The molecule has 20 heavy (non-hydrogen) atoms. The van der Waals surface area contributed by atoms with Crippen LogP contribution in [-0.4, -0.2) is 16.1 Å². The van der Waals surface area contributed by atoms with E-state index in [9.17, 15) is 13.6 Å². The fraction of sp³-hybridized carbons (Fsp3) is 0. The van der Waals surface area contributed by atoms with Gasteiger partial charge in [0.05, 0.1) is 15.7 Å². The molecule has 0 spiro atoms. The molecule has 0 amide bonds. The number of aromatic nitrogens is 1. The number of carbonyl (C=O) groups is 1. The third-order valence-electron chi connectivity index (χ3n) is 2.23. The fourth-order valence-electron chi connectivity index (χ4n) is 1.35. The SMILES string of the molecule is O=C(O)c1cc(F)cnc1Oc1cc(F)c(Cl)cc1Br. The van der Waals surface area contributed by atoms with Crippen LogP contribution in [0.2, 0.25) is 5.02 Å². The highest BCUT2D eigenvalue weighted by molar-refractivity contribution is 9.10. The molecule has 0 aliphatic heterocycles. The van der Waals surface area contributed by atoms with Crippen molar-refractivity contribution in [1.29, 1.82) is 0 Å². The molecule has 2 rings (SSSR count). The second-order valence-electron chi connectivity index (χ2n) is 3.61. The van der Waals surface area contributed by atoms with Crippen LogP contribution in [0.25, 0.3) is 0 Å². The summed E-state index contributed by atoms with van der Waals surface area (Å²) >= 11 is 8.66. The topological polar surface area (TPSA) is 59.4 Å². The number of halogens is 4. The van der Waals surface area contributed by atoms with Gasteiger partial charge in [0, 0.05) is 6.07 Å². The molecule has 0 radical (unpaired) electrons. The van der Waals surface area contributed by atoms with Gasteiger partial charge in [0.15, 0.2) is 0 Å². The summed E-state index contributed by atoms with van der Waals surface area (Å²) in [5.41, 5.74) is -0.479. The molecule has 104 valence electrons. The second kappa shape index (κ2) is 5.72. The van der Waals surface area contributed by atoms with Gasteiger partial charge in [0.25, 0.3) is 0 Å². The number of benzene rings is 1. The first-order valence-electron chi connectivity index (χ1n) is 5.09. The largest absolute Gasteiger partial charge is 0.477 e. The lowest BCUT2D eigenvalue weighted by molar-refractivity contribution is 0.0692. The Morgan fingerprint density at radius 3 is 2.70 bits per heavy atom. The third kappa shape index (κ3) is 3.05. The molecule has 0 aliphatic rings. The van der Waals surface area contributed by atoms with E-state index in [4.69, 9.17) is 21.4 Å². The van der Waals surface area contributed by atoms with Crippen molar-refractivity contribution in [2.24, 2.45) is 0 Å². The molecule has 1 aromatic heterocycles. The summed E-state index contributed by atoms with van der Waals surface area (Å²) in [6, 6.07) is 2.96. The number of rotatable bonds is 3. The molecule has 0 atom stereocenters. The molecule has 1 heterocycles. The Morgan fingerprint density at radius 1 is 1.35 bits per heavy atom. The number of pyridine rings is 1. The number of carboxylic acid groups (broad SMARTS) is 1. The van der Waals surface area contributed by atoms with Crippen LogP contribution >= 0.6 is 27.5 Å². The van der Waals surface area contributed by atoms with Crippen LogP contribution in [-0.2, 0) is 0 Å². The van der Waals surface area contributed by atoms with Crippen LogP contribution in [0.5, 0.6) is 11.6 Å². The van der Waals surface area contributed by atoms with Crippen LogP contribution < -0.4 is 4.74 Å². The highest BCUT2D eigenvalue weighted by Crippen LogP contribution is 2.34. The van der Waals surface area contributed by atoms with Gasteiger partial charge in [-0.05, 0) is 28.1 Å². The molecule has 0 bridgehead atoms. The predicted octanol–water partition coefficient (Wildman–Crippen LogP) is 4.27. The summed E-state index contributed by atoms with van der Waals surface area (Å²) in [4.78, 5) is 14.5. The molecule has 0 fully saturated rings. The van der Waals surface area contributed by atoms with Crippen LogP contribution in [0.4, 0.5) is 8.78 Å². The molecular formula is C12H5BrClF2NO3. The standard InChI is InChI=1S/C12H5BrClF2NO3/c13-7-2-8(14)9(16)3-10(7)20-11-6(12(18)19)1-5(15)4-17-11/h1-4H,(H,18,19). The van der Waals surface area contributed by atoms with E-state index in [0.717, 1.165) is 18.3 Å². The number of hydrogen-bond donors (Lipinski definition) is 1. The Hall–Kier alpha value is -1.73. The molecular weight excluding hydrogens is 359 g/mol. The average Bonchev–Trinajstić information content (AvgIpc) is 2.37. The Balaban J connectivity index is 2.45. The first-order chi connectivity index (χ1) is 9.38. The molecule has 4 nitrogen and oxygen atoms in total. The third-order valence-corrected chi connectivity index (χ3v) is 3.14. The van der Waals surface area contributed by atoms with Crippen LogP contribution in [0.3, 0.4) is 0 Å². The van der Waals surface area contributed by atoms with Crippen molar-refractivity contribution in [1.82, 2.24) is 4.98 Å². The van der Waals surface area contributed by atoms with Crippen LogP contribution in [0.15, 0.2) is 28.9 Å². The molecule has 1 aromatic carbocycles. The maximum atomic E-state index is 13.4. The van der Waals surface area contributed by atoms with E-state index in [2.05, 4.69) is 20.9 Å². The highest BCUT2D eigenvalue weighted by atomic mass is 79.9. The minimum absolute atomic E-state index is 0.0338. The van der Waals surface area contributed by atoms with E-state index < -0.39 is 23.2 Å². The maximum Gasteiger partial charge on any atom is 0.341 e. The van der Waals surface area contributed by atoms with Gasteiger partial charge in [0.1, 0.15) is 22.9 Å². The Bertz CT molecular complexity index is 697. The van der Waals surface area contributed by atoms with Crippen molar-refractivity contribution in [3.05, 3.63) is 51.1 Å². The van der Waals surface area contributed by atoms with Gasteiger partial charge < -0.3 is 9.84 Å². The Kier molecular flexibility index (Phi) is 4.20. The van der Waals surface area contributed by atoms with Crippen molar-refractivity contribution >= 4 is 33.5 Å². The summed E-state index contributed by atoms with van der Waals surface area (Å²) < 4.78 is 31.8. The molecule has 1 N–H and O–H groups in total. The van der Waals surface area contributed by atoms with Gasteiger partial charge in [0.2, 0.25) is 5.88 Å². The number of carboxylic acids is 1. The van der Waals surface area contributed by atoms with E-state index in [1.807, 2.05) is 0 Å². The zero-order valence-corrected chi connectivity index (χ0v) is 11.9. The summed E-state index contributed by atoms with van der Waals surface area (Å²) in [6.45, 7) is 0. The summed E-state index contributed by atoms with van der Waals surface area (Å²) in [7, 11) is 0. The van der Waals surface area contributed by atoms with Crippen molar-refractivity contribution in [2.75, 3.05) is 0 Å². The lowest BCUT2D eigenvalue weighted by Gasteiger charge is -2.09. The minimum atomic E-state index is -1.42. The second-order valence-corrected chi connectivity index (χ2v) is 4.87. The fourth-order valence-corrected chi connectivity index (χ4v) is 2.07. The van der Waals surface area contributed by atoms with E-state index in [1.165, 1.54) is 6.07 Å². The van der Waals surface area contributed by atoms with Gasteiger partial charge in [-0.1, -0.05) is 11.6 Å².